The number of aromatic nitrogens is 4. The molecule has 6 nitrogen and oxygen atoms in total. The van der Waals surface area contributed by atoms with E-state index in [1.54, 1.807) is 0 Å². The van der Waals surface area contributed by atoms with Crippen LogP contribution in [0.5, 0.6) is 0 Å². The first-order valence-electron chi connectivity index (χ1n) is 19.0. The van der Waals surface area contributed by atoms with Crippen molar-refractivity contribution < 1.29 is 0 Å². The summed E-state index contributed by atoms with van der Waals surface area (Å²) >= 11 is 0. The minimum absolute atomic E-state index is 0.0327. The minimum atomic E-state index is -0.0327. The summed E-state index contributed by atoms with van der Waals surface area (Å²) in [6.07, 6.45) is 21.4. The van der Waals surface area contributed by atoms with Gasteiger partial charge in [0.1, 0.15) is 12.7 Å². The molecule has 0 bridgehead atoms. The fourth-order valence-electron chi connectivity index (χ4n) is 7.94. The van der Waals surface area contributed by atoms with Gasteiger partial charge in [-0.05, 0) is 88.7 Å². The number of pyridine rings is 1. The molecule has 7 aromatic rings. The lowest BCUT2D eigenvalue weighted by Crippen LogP contribution is -2.47. The molecular formula is C50H40N6. The van der Waals surface area contributed by atoms with E-state index in [-0.39, 0.29) is 12.0 Å². The number of hydrogen-bond acceptors (Lipinski definition) is 6. The summed E-state index contributed by atoms with van der Waals surface area (Å²) in [6.45, 7) is 2.12. The fraction of sp³-hybridized carbons (Fsp3) is 0.0800. The van der Waals surface area contributed by atoms with Gasteiger partial charge in [-0.3, -0.25) is 15.0 Å². The standard InChI is InChI=1S/C50H40N6/c1-2-42(22-12-14-36-15-13-31-51-33-36)55(43-26-23-40(24-27-43)50-53-34-52-35-54-50)56-47-30-25-41(37-16-6-3-7-17-37)32-46(47)48-44(38-18-8-4-9-19-38)28-29-45(49(48)56)39-20-10-5-11-21-39/h2-13,15-35,46-47H,14H2,1H3/b22-12-,42-2+. The molecule has 2 aliphatic rings. The molecule has 0 amide bonds. The maximum absolute atomic E-state index is 4.43. The average Bonchev–Trinajstić information content (AvgIpc) is 3.61. The second-order valence-corrected chi connectivity index (χ2v) is 13.9. The quantitative estimate of drug-likeness (QED) is 0.131. The molecule has 0 saturated carbocycles. The van der Waals surface area contributed by atoms with Gasteiger partial charge in [-0.15, -0.1) is 0 Å². The maximum Gasteiger partial charge on any atom is 0.162 e. The molecule has 6 heteroatoms. The number of rotatable bonds is 10. The Morgan fingerprint density at radius 2 is 1.34 bits per heavy atom. The third-order valence-electron chi connectivity index (χ3n) is 10.5. The summed E-state index contributed by atoms with van der Waals surface area (Å²) in [4.78, 5) is 17.3. The van der Waals surface area contributed by atoms with Crippen LogP contribution in [0.4, 0.5) is 11.4 Å². The lowest BCUT2D eigenvalue weighted by atomic mass is 9.82. The molecule has 2 atom stereocenters. The molecule has 56 heavy (non-hydrogen) atoms. The lowest BCUT2D eigenvalue weighted by molar-refractivity contribution is 0.671. The van der Waals surface area contributed by atoms with Gasteiger partial charge in [0.05, 0.1) is 23.1 Å². The molecule has 270 valence electrons. The van der Waals surface area contributed by atoms with Gasteiger partial charge in [0.15, 0.2) is 5.82 Å². The van der Waals surface area contributed by atoms with Crippen molar-refractivity contribution in [2.75, 3.05) is 10.0 Å². The zero-order valence-electron chi connectivity index (χ0n) is 31.1. The van der Waals surface area contributed by atoms with Crippen molar-refractivity contribution in [1.82, 2.24) is 19.9 Å². The van der Waals surface area contributed by atoms with Crippen molar-refractivity contribution in [1.29, 1.82) is 0 Å². The Kier molecular flexibility index (Phi) is 9.67. The Labute approximate surface area is 328 Å². The molecule has 0 N–H and O–H groups in total. The molecule has 3 heterocycles. The van der Waals surface area contributed by atoms with Crippen LogP contribution < -0.4 is 10.0 Å². The number of nitrogens with zero attached hydrogens (tertiary/aromatic N) is 6. The Hall–Kier alpha value is -7.18. The van der Waals surface area contributed by atoms with Crippen LogP contribution in [0.25, 0.3) is 39.2 Å². The van der Waals surface area contributed by atoms with E-state index in [1.807, 2.05) is 18.5 Å². The van der Waals surface area contributed by atoms with Crippen LogP contribution in [0.2, 0.25) is 0 Å². The lowest BCUT2D eigenvalue weighted by Gasteiger charge is -2.41. The fourth-order valence-corrected chi connectivity index (χ4v) is 7.94. The highest BCUT2D eigenvalue weighted by molar-refractivity contribution is 5.94. The molecule has 0 spiro atoms. The van der Waals surface area contributed by atoms with Crippen molar-refractivity contribution in [2.45, 2.75) is 25.3 Å². The monoisotopic (exact) mass is 724 g/mol. The van der Waals surface area contributed by atoms with Gasteiger partial charge in [-0.25, -0.2) is 15.0 Å². The molecule has 1 aliphatic heterocycles. The number of allylic oxidation sites excluding steroid dienone is 5. The first-order chi connectivity index (χ1) is 27.8. The van der Waals surface area contributed by atoms with E-state index < -0.39 is 0 Å². The average molecular weight is 725 g/mol. The second kappa shape index (κ2) is 15.7. The molecular weight excluding hydrogens is 685 g/mol. The van der Waals surface area contributed by atoms with Crippen molar-refractivity contribution in [2.24, 2.45) is 0 Å². The predicted molar refractivity (Wildman–Crippen MR) is 228 cm³/mol. The first kappa shape index (κ1) is 34.6. The SMILES string of the molecule is C/C=C(\C=C/Cc1cccnc1)N(c1ccc(-c2ncncn2)cc1)N1c2c(-c3ccccc3)ccc(-c3ccccc3)c2C2C=C(c3ccccc3)C=CC21. The molecule has 9 rings (SSSR count). The summed E-state index contributed by atoms with van der Waals surface area (Å²) in [5, 5.41) is 4.93. The smallest absolute Gasteiger partial charge is 0.162 e. The van der Waals surface area contributed by atoms with E-state index in [1.165, 1.54) is 57.3 Å². The summed E-state index contributed by atoms with van der Waals surface area (Å²) in [6, 6.07) is 49.6. The normalized spacial score (nSPS) is 16.1. The topological polar surface area (TPSA) is 58.0 Å². The van der Waals surface area contributed by atoms with Gasteiger partial charge in [-0.1, -0.05) is 140 Å². The Morgan fingerprint density at radius 3 is 2.00 bits per heavy atom. The van der Waals surface area contributed by atoms with Gasteiger partial charge in [0.25, 0.3) is 0 Å². The van der Waals surface area contributed by atoms with Crippen LogP contribution in [0, 0.1) is 0 Å². The van der Waals surface area contributed by atoms with Gasteiger partial charge >= 0.3 is 0 Å². The molecule has 2 unspecified atom stereocenters. The second-order valence-electron chi connectivity index (χ2n) is 13.9. The maximum atomic E-state index is 4.43. The van der Waals surface area contributed by atoms with Crippen LogP contribution in [0.1, 0.15) is 29.5 Å². The van der Waals surface area contributed by atoms with E-state index in [9.17, 15) is 0 Å². The van der Waals surface area contributed by atoms with Crippen LogP contribution in [0.15, 0.2) is 207 Å². The van der Waals surface area contributed by atoms with E-state index in [2.05, 4.69) is 207 Å². The number of hydrazine groups is 1. The van der Waals surface area contributed by atoms with E-state index in [0.29, 0.717) is 5.82 Å². The Bertz CT molecular complexity index is 2550. The van der Waals surface area contributed by atoms with Crippen molar-refractivity contribution >= 4 is 16.9 Å². The number of anilines is 2. The summed E-state index contributed by atoms with van der Waals surface area (Å²) in [7, 11) is 0. The highest BCUT2D eigenvalue weighted by atomic mass is 15.7. The van der Waals surface area contributed by atoms with E-state index >= 15 is 0 Å². The zero-order chi connectivity index (χ0) is 37.7. The molecule has 5 aromatic carbocycles. The molecule has 1 aliphatic carbocycles. The third-order valence-corrected chi connectivity index (χ3v) is 10.5. The van der Waals surface area contributed by atoms with Gasteiger partial charge in [-0.2, -0.15) is 0 Å². The zero-order valence-corrected chi connectivity index (χ0v) is 31.1. The number of fused-ring (bicyclic) bond motifs is 3. The predicted octanol–water partition coefficient (Wildman–Crippen LogP) is 11.3. The first-order valence-corrected chi connectivity index (χ1v) is 19.0. The highest BCUT2D eigenvalue weighted by Gasteiger charge is 2.44. The van der Waals surface area contributed by atoms with Crippen LogP contribution >= 0.6 is 0 Å². The van der Waals surface area contributed by atoms with Crippen LogP contribution in [-0.2, 0) is 6.42 Å². The Morgan fingerprint density at radius 1 is 0.679 bits per heavy atom. The summed E-state index contributed by atoms with van der Waals surface area (Å²) in [5.41, 5.74) is 13.8. The molecule has 2 aromatic heterocycles. The number of hydrogen-bond donors (Lipinski definition) is 0. The van der Waals surface area contributed by atoms with E-state index in [4.69, 9.17) is 0 Å². The van der Waals surface area contributed by atoms with Crippen molar-refractivity contribution in [3.05, 3.63) is 223 Å². The van der Waals surface area contributed by atoms with E-state index in [0.717, 1.165) is 28.9 Å². The van der Waals surface area contributed by atoms with Crippen LogP contribution in [0.3, 0.4) is 0 Å². The third kappa shape index (κ3) is 6.73. The van der Waals surface area contributed by atoms with Gasteiger partial charge in [0.2, 0.25) is 0 Å². The molecule has 0 radical (unpaired) electrons. The van der Waals surface area contributed by atoms with Crippen molar-refractivity contribution in [3.8, 4) is 33.6 Å². The Balaban J connectivity index is 1.28. The van der Waals surface area contributed by atoms with Crippen LogP contribution in [-0.4, -0.2) is 26.0 Å². The number of benzene rings is 5. The molecule has 0 fully saturated rings. The van der Waals surface area contributed by atoms with Gasteiger partial charge < -0.3 is 0 Å². The minimum Gasteiger partial charge on any atom is -0.272 e. The largest absolute Gasteiger partial charge is 0.272 e. The van der Waals surface area contributed by atoms with Crippen molar-refractivity contribution in [3.63, 3.8) is 0 Å². The van der Waals surface area contributed by atoms with Gasteiger partial charge in [0, 0.05) is 29.4 Å². The summed E-state index contributed by atoms with van der Waals surface area (Å²) < 4.78 is 0. The summed E-state index contributed by atoms with van der Waals surface area (Å²) in [5.74, 6) is 0.688. The molecule has 0 saturated heterocycles. The highest BCUT2D eigenvalue weighted by Crippen LogP contribution is 2.55.